The predicted octanol–water partition coefficient (Wildman–Crippen LogP) is 2.35. The summed E-state index contributed by atoms with van der Waals surface area (Å²) in [6, 6.07) is 5.85. The van der Waals surface area contributed by atoms with Crippen LogP contribution in [0.1, 0.15) is 50.3 Å². The number of anilines is 1. The number of hydrogen-bond donors (Lipinski definition) is 2. The Morgan fingerprint density at radius 3 is 2.28 bits per heavy atom. The minimum atomic E-state index is -4.24. The van der Waals surface area contributed by atoms with E-state index >= 15 is 0 Å². The van der Waals surface area contributed by atoms with Crippen LogP contribution in [0.25, 0.3) is 0 Å². The number of carboxylic acids is 1. The Bertz CT molecular complexity index is 932. The van der Waals surface area contributed by atoms with Gasteiger partial charge < -0.3 is 10.0 Å². The molecule has 0 unspecified atom stereocenters. The van der Waals surface area contributed by atoms with E-state index in [1.165, 1.54) is 12.1 Å². The van der Waals surface area contributed by atoms with Crippen molar-refractivity contribution in [2.24, 2.45) is 0 Å². The fourth-order valence-electron chi connectivity index (χ4n) is 2.71. The number of rotatable bonds is 11. The van der Waals surface area contributed by atoms with Crippen LogP contribution in [0.2, 0.25) is 0 Å². The molecular formula is C19H26N4O5S. The third-order valence-corrected chi connectivity index (χ3v) is 5.18. The van der Waals surface area contributed by atoms with Crippen LogP contribution < -0.4 is 4.90 Å². The van der Waals surface area contributed by atoms with Crippen LogP contribution in [0.5, 0.6) is 0 Å². The predicted molar refractivity (Wildman–Crippen MR) is 108 cm³/mol. The van der Waals surface area contributed by atoms with Gasteiger partial charge in [-0.1, -0.05) is 25.5 Å². The molecule has 0 atom stereocenters. The van der Waals surface area contributed by atoms with Gasteiger partial charge in [-0.05, 0) is 31.0 Å². The molecule has 0 aliphatic heterocycles. The second-order valence-electron chi connectivity index (χ2n) is 6.59. The van der Waals surface area contributed by atoms with Crippen LogP contribution >= 0.6 is 0 Å². The molecule has 2 aromatic rings. The Balaban J connectivity index is 2.30. The van der Waals surface area contributed by atoms with Crippen molar-refractivity contribution in [2.75, 3.05) is 18.0 Å². The maximum atomic E-state index is 11.2. The molecule has 10 heteroatoms. The number of aliphatic carboxylic acids is 1. The lowest BCUT2D eigenvalue weighted by Gasteiger charge is -2.21. The van der Waals surface area contributed by atoms with Crippen LogP contribution in [-0.4, -0.2) is 52.1 Å². The van der Waals surface area contributed by atoms with Crippen LogP contribution in [0, 0.1) is 0 Å². The number of carboxylic acid groups (broad SMARTS) is 1. The first-order chi connectivity index (χ1) is 13.7. The molecule has 0 fully saturated rings. The largest absolute Gasteiger partial charge is 0.481 e. The first-order valence-electron chi connectivity index (χ1n) is 9.50. The maximum Gasteiger partial charge on any atom is 0.305 e. The van der Waals surface area contributed by atoms with E-state index in [4.69, 9.17) is 9.66 Å². The molecule has 0 radical (unpaired) electrons. The number of benzene rings is 1. The summed E-state index contributed by atoms with van der Waals surface area (Å²) in [6.07, 6.45) is 2.95. The van der Waals surface area contributed by atoms with E-state index in [0.29, 0.717) is 43.5 Å². The second kappa shape index (κ2) is 10.3. The third kappa shape index (κ3) is 7.06. The maximum absolute atomic E-state index is 11.2. The summed E-state index contributed by atoms with van der Waals surface area (Å²) in [5.41, 5.74) is 0.782. The van der Waals surface area contributed by atoms with Crippen LogP contribution in [-0.2, 0) is 27.8 Å². The van der Waals surface area contributed by atoms with E-state index < -0.39 is 16.1 Å². The fraction of sp³-hybridized carbons (Fsp3) is 0.474. The van der Waals surface area contributed by atoms with E-state index in [0.717, 1.165) is 18.4 Å². The topological polar surface area (TPSA) is 134 Å². The highest BCUT2D eigenvalue weighted by molar-refractivity contribution is 7.85. The molecule has 9 nitrogen and oxygen atoms in total. The van der Waals surface area contributed by atoms with Gasteiger partial charge in [-0.25, -0.2) is 4.98 Å². The average Bonchev–Trinajstić information content (AvgIpc) is 2.66. The van der Waals surface area contributed by atoms with E-state index in [2.05, 4.69) is 21.9 Å². The van der Waals surface area contributed by atoms with Crippen molar-refractivity contribution < 1.29 is 22.9 Å². The van der Waals surface area contributed by atoms with Gasteiger partial charge in [0.1, 0.15) is 11.6 Å². The number of carbonyl (C=O) groups is 1. The molecule has 0 aliphatic rings. The summed E-state index contributed by atoms with van der Waals surface area (Å²) < 4.78 is 31.5. The zero-order valence-corrected chi connectivity index (χ0v) is 17.4. The van der Waals surface area contributed by atoms with Crippen molar-refractivity contribution in [2.45, 2.75) is 50.8 Å². The zero-order chi connectivity index (χ0) is 21.4. The SMILES string of the molecule is CCCCc1nc(Cc2ccc(S(=O)(=O)O)cc2)nc(N(CC)CCC(=O)O)n1. The van der Waals surface area contributed by atoms with Crippen molar-refractivity contribution in [1.29, 1.82) is 0 Å². The summed E-state index contributed by atoms with van der Waals surface area (Å²) in [4.78, 5) is 26.1. The van der Waals surface area contributed by atoms with E-state index in [1.54, 1.807) is 17.0 Å². The van der Waals surface area contributed by atoms with E-state index in [1.807, 2.05) is 6.92 Å². The Kier molecular flexibility index (Phi) is 8.03. The molecule has 1 aromatic heterocycles. The zero-order valence-electron chi connectivity index (χ0n) is 16.6. The normalized spacial score (nSPS) is 11.4. The monoisotopic (exact) mass is 422 g/mol. The Morgan fingerprint density at radius 1 is 1.07 bits per heavy atom. The lowest BCUT2D eigenvalue weighted by Crippen LogP contribution is -2.28. The summed E-state index contributed by atoms with van der Waals surface area (Å²) in [6.45, 7) is 4.84. The number of unbranched alkanes of at least 4 members (excludes halogenated alkanes) is 1. The van der Waals surface area contributed by atoms with Crippen molar-refractivity contribution >= 4 is 22.0 Å². The Hall–Kier alpha value is -2.59. The summed E-state index contributed by atoms with van der Waals surface area (Å²) in [7, 11) is -4.24. The van der Waals surface area contributed by atoms with Gasteiger partial charge in [-0.15, -0.1) is 0 Å². The van der Waals surface area contributed by atoms with Crippen molar-refractivity contribution in [1.82, 2.24) is 15.0 Å². The molecule has 0 bridgehead atoms. The lowest BCUT2D eigenvalue weighted by atomic mass is 10.1. The highest BCUT2D eigenvalue weighted by Gasteiger charge is 2.15. The molecule has 2 N–H and O–H groups in total. The third-order valence-electron chi connectivity index (χ3n) is 4.31. The van der Waals surface area contributed by atoms with Gasteiger partial charge >= 0.3 is 5.97 Å². The lowest BCUT2D eigenvalue weighted by molar-refractivity contribution is -0.136. The molecule has 2 rings (SSSR count). The molecule has 0 saturated heterocycles. The second-order valence-corrected chi connectivity index (χ2v) is 8.01. The van der Waals surface area contributed by atoms with Gasteiger partial charge in [0.15, 0.2) is 0 Å². The molecule has 0 saturated carbocycles. The average molecular weight is 423 g/mol. The minimum absolute atomic E-state index is 0.0176. The minimum Gasteiger partial charge on any atom is -0.481 e. The molecule has 29 heavy (non-hydrogen) atoms. The van der Waals surface area contributed by atoms with E-state index in [9.17, 15) is 13.2 Å². The van der Waals surface area contributed by atoms with Gasteiger partial charge in [0.2, 0.25) is 5.95 Å². The quantitative estimate of drug-likeness (QED) is 0.523. The van der Waals surface area contributed by atoms with E-state index in [-0.39, 0.29) is 11.3 Å². The standard InChI is InChI=1S/C19H26N4O5S/c1-3-5-6-16-20-17(13-14-7-9-15(10-8-14)29(26,27)28)22-19(21-16)23(4-2)12-11-18(24)25/h7-10H,3-6,11-13H2,1-2H3,(H,24,25)(H,26,27,28). The van der Waals surface area contributed by atoms with Crippen molar-refractivity contribution in [3.8, 4) is 0 Å². The highest BCUT2D eigenvalue weighted by atomic mass is 32.2. The fourth-order valence-corrected chi connectivity index (χ4v) is 3.19. The number of hydrogen-bond acceptors (Lipinski definition) is 7. The first-order valence-corrected chi connectivity index (χ1v) is 10.9. The molecule has 1 heterocycles. The van der Waals surface area contributed by atoms with Gasteiger partial charge in [-0.2, -0.15) is 18.4 Å². The van der Waals surface area contributed by atoms with Crippen LogP contribution in [0.3, 0.4) is 0 Å². The molecular weight excluding hydrogens is 396 g/mol. The van der Waals surface area contributed by atoms with Crippen molar-refractivity contribution in [3.63, 3.8) is 0 Å². The number of nitrogens with zero attached hydrogens (tertiary/aromatic N) is 4. The Morgan fingerprint density at radius 2 is 1.72 bits per heavy atom. The highest BCUT2D eigenvalue weighted by Crippen LogP contribution is 2.15. The first kappa shape index (κ1) is 22.7. The Labute approximate surface area is 170 Å². The summed E-state index contributed by atoms with van der Waals surface area (Å²) in [5.74, 6) is 0.729. The van der Waals surface area contributed by atoms with Gasteiger partial charge in [0.25, 0.3) is 10.1 Å². The molecule has 0 spiro atoms. The van der Waals surface area contributed by atoms with Crippen molar-refractivity contribution in [3.05, 3.63) is 41.5 Å². The molecule has 0 amide bonds. The number of aryl methyl sites for hydroxylation is 1. The summed E-state index contributed by atoms with van der Waals surface area (Å²) in [5, 5.41) is 8.96. The van der Waals surface area contributed by atoms with Crippen LogP contribution in [0.15, 0.2) is 29.2 Å². The molecule has 1 aromatic carbocycles. The molecule has 0 aliphatic carbocycles. The smallest absolute Gasteiger partial charge is 0.305 e. The van der Waals surface area contributed by atoms with Crippen LogP contribution in [0.4, 0.5) is 5.95 Å². The summed E-state index contributed by atoms with van der Waals surface area (Å²) >= 11 is 0. The molecule has 158 valence electrons. The van der Waals surface area contributed by atoms with Gasteiger partial charge in [0.05, 0.1) is 11.3 Å². The number of aromatic nitrogens is 3. The van der Waals surface area contributed by atoms with Gasteiger partial charge in [-0.3, -0.25) is 9.35 Å². The van der Waals surface area contributed by atoms with Gasteiger partial charge in [0, 0.05) is 25.9 Å².